The predicted molar refractivity (Wildman–Crippen MR) is 62.4 cm³/mol. The van der Waals surface area contributed by atoms with Gasteiger partial charge in [-0.05, 0) is 12.1 Å². The summed E-state index contributed by atoms with van der Waals surface area (Å²) in [4.78, 5) is 12.5. The van der Waals surface area contributed by atoms with E-state index in [1.807, 2.05) is 30.3 Å². The molecule has 0 radical (unpaired) electrons. The molecule has 5 nitrogen and oxygen atoms in total. The zero-order valence-corrected chi connectivity index (χ0v) is 8.93. The van der Waals surface area contributed by atoms with E-state index in [0.29, 0.717) is 11.5 Å². The number of para-hydroxylation sites is 1. The molecule has 0 fully saturated rings. The Morgan fingerprint density at radius 2 is 1.82 bits per heavy atom. The van der Waals surface area contributed by atoms with Crippen LogP contribution in [0.25, 0.3) is 17.2 Å². The fraction of sp³-hybridized carbons (Fsp3) is 0. The smallest absolute Gasteiger partial charge is 0.183 e. The second-order valence-electron chi connectivity index (χ2n) is 3.42. The Bertz CT molecular complexity index is 549. The van der Waals surface area contributed by atoms with E-state index < -0.39 is 0 Å². The molecule has 3 aromatic rings. The standard InChI is InChI=1S/C12H9N5/c1-2-4-10(5-3-1)17-12(15-9-16-17)11-8-13-6-7-14-11/h1-9H. The van der Waals surface area contributed by atoms with Gasteiger partial charge in [-0.2, -0.15) is 5.10 Å². The van der Waals surface area contributed by atoms with Gasteiger partial charge in [-0.25, -0.2) is 14.6 Å². The van der Waals surface area contributed by atoms with Gasteiger partial charge in [-0.1, -0.05) is 18.2 Å². The molecule has 0 saturated heterocycles. The zero-order valence-electron chi connectivity index (χ0n) is 8.93. The van der Waals surface area contributed by atoms with Gasteiger partial charge in [-0.15, -0.1) is 0 Å². The molecule has 0 N–H and O–H groups in total. The van der Waals surface area contributed by atoms with Gasteiger partial charge in [0, 0.05) is 12.4 Å². The summed E-state index contributed by atoms with van der Waals surface area (Å²) in [5.74, 6) is 0.685. The maximum atomic E-state index is 4.22. The van der Waals surface area contributed by atoms with Crippen LogP contribution in [0, 0.1) is 0 Å². The summed E-state index contributed by atoms with van der Waals surface area (Å²) < 4.78 is 1.74. The summed E-state index contributed by atoms with van der Waals surface area (Å²) in [5, 5.41) is 4.20. The first-order valence-electron chi connectivity index (χ1n) is 5.17. The van der Waals surface area contributed by atoms with Crippen LogP contribution in [-0.2, 0) is 0 Å². The van der Waals surface area contributed by atoms with Gasteiger partial charge < -0.3 is 0 Å². The summed E-state index contributed by atoms with van der Waals surface area (Å²) >= 11 is 0. The Hall–Kier alpha value is -2.56. The van der Waals surface area contributed by atoms with Gasteiger partial charge in [0.05, 0.1) is 11.9 Å². The molecule has 0 unspecified atom stereocenters. The summed E-state index contributed by atoms with van der Waals surface area (Å²) in [7, 11) is 0. The first-order valence-corrected chi connectivity index (χ1v) is 5.17. The van der Waals surface area contributed by atoms with Crippen molar-refractivity contribution >= 4 is 0 Å². The molecular formula is C12H9N5. The summed E-state index contributed by atoms with van der Waals surface area (Å²) in [6.07, 6.45) is 6.45. The molecule has 17 heavy (non-hydrogen) atoms. The maximum absolute atomic E-state index is 4.22. The first-order chi connectivity index (χ1) is 8.45. The molecule has 5 heteroatoms. The van der Waals surface area contributed by atoms with Crippen LogP contribution >= 0.6 is 0 Å². The van der Waals surface area contributed by atoms with Crippen molar-refractivity contribution in [2.45, 2.75) is 0 Å². The molecule has 0 saturated carbocycles. The predicted octanol–water partition coefficient (Wildman–Crippen LogP) is 1.72. The molecule has 3 rings (SSSR count). The number of aromatic nitrogens is 5. The van der Waals surface area contributed by atoms with Crippen LogP contribution in [-0.4, -0.2) is 24.7 Å². The monoisotopic (exact) mass is 223 g/mol. The van der Waals surface area contributed by atoms with Gasteiger partial charge in [-0.3, -0.25) is 4.98 Å². The molecule has 0 aliphatic heterocycles. The summed E-state index contributed by atoms with van der Waals surface area (Å²) in [5.41, 5.74) is 1.65. The van der Waals surface area contributed by atoms with Crippen LogP contribution in [0.1, 0.15) is 0 Å². The molecule has 0 amide bonds. The molecule has 1 aromatic carbocycles. The van der Waals surface area contributed by atoms with E-state index in [2.05, 4.69) is 20.1 Å². The van der Waals surface area contributed by atoms with Crippen LogP contribution in [0.4, 0.5) is 0 Å². The largest absolute Gasteiger partial charge is 0.261 e. The summed E-state index contributed by atoms with van der Waals surface area (Å²) in [6.45, 7) is 0. The van der Waals surface area contributed by atoms with E-state index in [9.17, 15) is 0 Å². The number of hydrogen-bond acceptors (Lipinski definition) is 4. The van der Waals surface area contributed by atoms with E-state index in [1.165, 1.54) is 6.33 Å². The normalized spacial score (nSPS) is 10.4. The molecular weight excluding hydrogens is 214 g/mol. The molecule has 2 heterocycles. The molecule has 0 aliphatic carbocycles. The lowest BCUT2D eigenvalue weighted by atomic mass is 10.3. The second-order valence-corrected chi connectivity index (χ2v) is 3.42. The van der Waals surface area contributed by atoms with E-state index in [4.69, 9.17) is 0 Å². The van der Waals surface area contributed by atoms with Gasteiger partial charge >= 0.3 is 0 Å². The lowest BCUT2D eigenvalue weighted by molar-refractivity contribution is 0.881. The lowest BCUT2D eigenvalue weighted by Crippen LogP contribution is -2.00. The number of hydrogen-bond donors (Lipinski definition) is 0. The Labute approximate surface area is 97.8 Å². The number of nitrogens with zero attached hydrogens (tertiary/aromatic N) is 5. The van der Waals surface area contributed by atoms with Gasteiger partial charge in [0.2, 0.25) is 0 Å². The first kappa shape index (κ1) is 9.65. The Morgan fingerprint density at radius 3 is 2.59 bits per heavy atom. The Morgan fingerprint density at radius 1 is 0.941 bits per heavy atom. The molecule has 0 bridgehead atoms. The second kappa shape index (κ2) is 4.13. The van der Waals surface area contributed by atoms with Crippen molar-refractivity contribution in [1.29, 1.82) is 0 Å². The van der Waals surface area contributed by atoms with Crippen LogP contribution in [0.2, 0.25) is 0 Å². The third kappa shape index (κ3) is 1.78. The number of benzene rings is 1. The highest BCUT2D eigenvalue weighted by Crippen LogP contribution is 2.16. The molecule has 82 valence electrons. The lowest BCUT2D eigenvalue weighted by Gasteiger charge is -2.04. The van der Waals surface area contributed by atoms with E-state index in [-0.39, 0.29) is 0 Å². The van der Waals surface area contributed by atoms with Crippen LogP contribution in [0.3, 0.4) is 0 Å². The van der Waals surface area contributed by atoms with Crippen LogP contribution in [0.5, 0.6) is 0 Å². The molecule has 2 aromatic heterocycles. The van der Waals surface area contributed by atoms with Crippen LogP contribution in [0.15, 0.2) is 55.2 Å². The Balaban J connectivity index is 2.13. The van der Waals surface area contributed by atoms with Gasteiger partial charge in [0.25, 0.3) is 0 Å². The molecule has 0 spiro atoms. The Kier molecular flexibility index (Phi) is 2.34. The van der Waals surface area contributed by atoms with Crippen LogP contribution < -0.4 is 0 Å². The average Bonchev–Trinajstić information content (AvgIpc) is 2.90. The zero-order chi connectivity index (χ0) is 11.5. The molecule has 0 aliphatic rings. The van der Waals surface area contributed by atoms with Crippen molar-refractivity contribution < 1.29 is 0 Å². The third-order valence-corrected chi connectivity index (χ3v) is 2.34. The van der Waals surface area contributed by atoms with E-state index in [1.54, 1.807) is 23.3 Å². The highest BCUT2D eigenvalue weighted by Gasteiger charge is 2.09. The minimum atomic E-state index is 0.685. The molecule has 0 atom stereocenters. The van der Waals surface area contributed by atoms with Crippen molar-refractivity contribution in [3.05, 3.63) is 55.2 Å². The minimum Gasteiger partial charge on any atom is -0.261 e. The minimum absolute atomic E-state index is 0.685. The fourth-order valence-electron chi connectivity index (χ4n) is 1.59. The van der Waals surface area contributed by atoms with Crippen molar-refractivity contribution in [3.8, 4) is 17.2 Å². The van der Waals surface area contributed by atoms with Crippen molar-refractivity contribution in [2.75, 3.05) is 0 Å². The van der Waals surface area contributed by atoms with Gasteiger partial charge in [0.1, 0.15) is 12.0 Å². The highest BCUT2D eigenvalue weighted by molar-refractivity contribution is 5.51. The number of rotatable bonds is 2. The van der Waals surface area contributed by atoms with Crippen molar-refractivity contribution in [3.63, 3.8) is 0 Å². The fourth-order valence-corrected chi connectivity index (χ4v) is 1.59. The van der Waals surface area contributed by atoms with Crippen molar-refractivity contribution in [1.82, 2.24) is 24.7 Å². The maximum Gasteiger partial charge on any atom is 0.183 e. The quantitative estimate of drug-likeness (QED) is 0.663. The van der Waals surface area contributed by atoms with Crippen molar-refractivity contribution in [2.24, 2.45) is 0 Å². The average molecular weight is 223 g/mol. The SMILES string of the molecule is c1ccc(-n2ncnc2-c2cnccn2)cc1. The third-order valence-electron chi connectivity index (χ3n) is 2.34. The highest BCUT2D eigenvalue weighted by atomic mass is 15.3. The van der Waals surface area contributed by atoms with E-state index >= 15 is 0 Å². The van der Waals surface area contributed by atoms with Gasteiger partial charge in [0.15, 0.2) is 5.82 Å². The topological polar surface area (TPSA) is 56.5 Å². The summed E-state index contributed by atoms with van der Waals surface area (Å²) in [6, 6.07) is 9.81. The van der Waals surface area contributed by atoms with E-state index in [0.717, 1.165) is 5.69 Å².